The van der Waals surface area contributed by atoms with Crippen LogP contribution in [0.15, 0.2) is 0 Å². The number of nitrogens with two attached hydrogens (primary N) is 2. The Hall–Kier alpha value is -1.89. The largest absolute Gasteiger partial charge is 0.382 e. The third-order valence-corrected chi connectivity index (χ3v) is 2.85. The van der Waals surface area contributed by atoms with Gasteiger partial charge in [0, 0.05) is 12.5 Å². The molecule has 0 aromatic carbocycles. The van der Waals surface area contributed by atoms with Gasteiger partial charge in [0.25, 0.3) is 0 Å². The van der Waals surface area contributed by atoms with Gasteiger partial charge in [-0.3, -0.25) is 0 Å². The maximum atomic E-state index is 5.74. The normalized spacial score (nSPS) is 20.6. The Morgan fingerprint density at radius 3 is 2.81 bits per heavy atom. The Morgan fingerprint density at radius 1 is 1.19 bits per heavy atom. The van der Waals surface area contributed by atoms with Crippen LogP contribution in [0.4, 0.5) is 11.8 Å². The Morgan fingerprint density at radius 2 is 2.06 bits per heavy atom. The maximum Gasteiger partial charge on any atom is 0.224 e. The van der Waals surface area contributed by atoms with Gasteiger partial charge in [0.1, 0.15) is 5.82 Å². The number of nitrogens with one attached hydrogen (secondary N) is 2. The van der Waals surface area contributed by atoms with E-state index in [0.717, 1.165) is 25.3 Å². The summed E-state index contributed by atoms with van der Waals surface area (Å²) in [7, 11) is 0. The number of nitrogen functional groups attached to an aromatic ring is 2. The van der Waals surface area contributed by atoms with Crippen LogP contribution in [-0.2, 0) is 0 Å². The van der Waals surface area contributed by atoms with Gasteiger partial charge in [0.05, 0.1) is 0 Å². The summed E-state index contributed by atoms with van der Waals surface area (Å²) < 4.78 is 0. The molecule has 0 radical (unpaired) electrons. The molecular weight excluding hydrogens is 206 g/mol. The second kappa shape index (κ2) is 3.31. The van der Waals surface area contributed by atoms with Crippen molar-refractivity contribution < 1.29 is 0 Å². The zero-order valence-electron chi connectivity index (χ0n) is 8.70. The molecule has 16 heavy (non-hydrogen) atoms. The van der Waals surface area contributed by atoms with Crippen LogP contribution in [0.1, 0.15) is 18.2 Å². The molecule has 2 aromatic rings. The molecule has 3 rings (SSSR count). The smallest absolute Gasteiger partial charge is 0.224 e. The van der Waals surface area contributed by atoms with Crippen LogP contribution in [0.25, 0.3) is 11.2 Å². The zero-order chi connectivity index (χ0) is 11.1. The molecule has 1 fully saturated rings. The highest BCUT2D eigenvalue weighted by atomic mass is 15.1. The van der Waals surface area contributed by atoms with Gasteiger partial charge in [-0.25, -0.2) is 4.98 Å². The number of imidazole rings is 1. The molecule has 1 aliphatic rings. The fraction of sp³-hybridized carbons (Fsp3) is 0.444. The predicted molar refractivity (Wildman–Crippen MR) is 60.7 cm³/mol. The van der Waals surface area contributed by atoms with Gasteiger partial charge >= 0.3 is 0 Å². The van der Waals surface area contributed by atoms with Crippen molar-refractivity contribution in [3.05, 3.63) is 5.82 Å². The minimum absolute atomic E-state index is 0.171. The molecule has 7 heteroatoms. The van der Waals surface area contributed by atoms with E-state index in [-0.39, 0.29) is 5.95 Å². The average molecular weight is 219 g/mol. The molecule has 1 saturated heterocycles. The molecule has 2 aromatic heterocycles. The van der Waals surface area contributed by atoms with Gasteiger partial charge in [-0.1, -0.05) is 0 Å². The quantitative estimate of drug-likeness (QED) is 0.518. The molecule has 0 bridgehead atoms. The first-order chi connectivity index (χ1) is 7.74. The number of nitrogens with zero attached hydrogens (tertiary/aromatic N) is 3. The number of hydrogen-bond acceptors (Lipinski definition) is 6. The second-order valence-corrected chi connectivity index (χ2v) is 3.98. The summed E-state index contributed by atoms with van der Waals surface area (Å²) in [6.07, 6.45) is 1.07. The van der Waals surface area contributed by atoms with Crippen molar-refractivity contribution in [2.24, 2.45) is 0 Å². The highest BCUT2D eigenvalue weighted by Gasteiger charge is 2.21. The SMILES string of the molecule is Nc1nc(N)c2nc(C3CCNC3)[nH]c2n1. The van der Waals surface area contributed by atoms with Crippen molar-refractivity contribution in [3.63, 3.8) is 0 Å². The minimum Gasteiger partial charge on any atom is -0.382 e. The Balaban J connectivity index is 2.11. The van der Waals surface area contributed by atoms with Gasteiger partial charge in [0.2, 0.25) is 5.95 Å². The minimum atomic E-state index is 0.171. The monoisotopic (exact) mass is 219 g/mol. The van der Waals surface area contributed by atoms with E-state index >= 15 is 0 Å². The lowest BCUT2D eigenvalue weighted by Gasteiger charge is -2.01. The standard InChI is InChI=1S/C9H13N7/c10-6-5-8(16-9(11)14-6)15-7(13-5)4-1-2-12-3-4/h4,12H,1-3H2,(H5,10,11,13,14,15,16). The topological polar surface area (TPSA) is 119 Å². The van der Waals surface area contributed by atoms with Crippen molar-refractivity contribution >= 4 is 22.9 Å². The molecule has 3 heterocycles. The number of H-pyrrole nitrogens is 1. The fourth-order valence-electron chi connectivity index (χ4n) is 2.04. The summed E-state index contributed by atoms with van der Waals surface area (Å²) >= 11 is 0. The van der Waals surface area contributed by atoms with Crippen molar-refractivity contribution in [1.29, 1.82) is 0 Å². The fourth-order valence-corrected chi connectivity index (χ4v) is 2.04. The number of fused-ring (bicyclic) bond motifs is 1. The van der Waals surface area contributed by atoms with E-state index in [4.69, 9.17) is 11.5 Å². The van der Waals surface area contributed by atoms with E-state index < -0.39 is 0 Å². The van der Waals surface area contributed by atoms with Crippen LogP contribution in [0.2, 0.25) is 0 Å². The molecule has 1 unspecified atom stereocenters. The van der Waals surface area contributed by atoms with Gasteiger partial charge in [-0.15, -0.1) is 0 Å². The number of rotatable bonds is 1. The summed E-state index contributed by atoms with van der Waals surface area (Å²) in [6, 6.07) is 0. The average Bonchev–Trinajstić information content (AvgIpc) is 2.82. The molecule has 0 spiro atoms. The highest BCUT2D eigenvalue weighted by molar-refractivity contribution is 5.82. The van der Waals surface area contributed by atoms with E-state index in [2.05, 4.69) is 25.3 Å². The van der Waals surface area contributed by atoms with Crippen molar-refractivity contribution in [2.75, 3.05) is 24.6 Å². The molecule has 0 amide bonds. The third kappa shape index (κ3) is 1.36. The van der Waals surface area contributed by atoms with Gasteiger partial charge in [-0.2, -0.15) is 9.97 Å². The molecule has 1 aliphatic heterocycles. The number of anilines is 2. The van der Waals surface area contributed by atoms with E-state index in [9.17, 15) is 0 Å². The number of aromatic nitrogens is 4. The van der Waals surface area contributed by atoms with Crippen LogP contribution in [-0.4, -0.2) is 33.0 Å². The number of hydrogen-bond donors (Lipinski definition) is 4. The lowest BCUT2D eigenvalue weighted by Crippen LogP contribution is -2.08. The van der Waals surface area contributed by atoms with Crippen molar-refractivity contribution in [3.8, 4) is 0 Å². The van der Waals surface area contributed by atoms with Crippen LogP contribution < -0.4 is 16.8 Å². The Kier molecular flexibility index (Phi) is 1.93. The first kappa shape index (κ1) is 9.34. The molecular formula is C9H13N7. The summed E-state index contributed by atoms with van der Waals surface area (Å²) in [5.41, 5.74) is 12.5. The van der Waals surface area contributed by atoms with Gasteiger partial charge in [-0.05, 0) is 13.0 Å². The first-order valence-corrected chi connectivity index (χ1v) is 5.23. The van der Waals surface area contributed by atoms with Crippen LogP contribution in [0.3, 0.4) is 0 Å². The summed E-state index contributed by atoms with van der Waals surface area (Å²) in [4.78, 5) is 15.6. The summed E-state index contributed by atoms with van der Waals surface area (Å²) in [5.74, 6) is 1.81. The summed E-state index contributed by atoms with van der Waals surface area (Å²) in [5, 5.41) is 3.29. The van der Waals surface area contributed by atoms with Gasteiger partial charge in [0.15, 0.2) is 17.0 Å². The molecule has 0 saturated carbocycles. The molecule has 6 N–H and O–H groups in total. The third-order valence-electron chi connectivity index (χ3n) is 2.85. The first-order valence-electron chi connectivity index (χ1n) is 5.23. The Bertz CT molecular complexity index is 526. The van der Waals surface area contributed by atoms with Crippen LogP contribution in [0.5, 0.6) is 0 Å². The van der Waals surface area contributed by atoms with Crippen LogP contribution >= 0.6 is 0 Å². The van der Waals surface area contributed by atoms with Crippen molar-refractivity contribution in [2.45, 2.75) is 12.3 Å². The summed E-state index contributed by atoms with van der Waals surface area (Å²) in [6.45, 7) is 1.95. The highest BCUT2D eigenvalue weighted by Crippen LogP contribution is 2.23. The Labute approximate surface area is 91.7 Å². The van der Waals surface area contributed by atoms with E-state index in [1.807, 2.05) is 0 Å². The second-order valence-electron chi connectivity index (χ2n) is 3.98. The maximum absolute atomic E-state index is 5.74. The lowest BCUT2D eigenvalue weighted by atomic mass is 10.1. The van der Waals surface area contributed by atoms with E-state index in [0.29, 0.717) is 22.9 Å². The lowest BCUT2D eigenvalue weighted by molar-refractivity contribution is 0.717. The molecule has 7 nitrogen and oxygen atoms in total. The zero-order valence-corrected chi connectivity index (χ0v) is 8.70. The molecule has 0 aliphatic carbocycles. The van der Waals surface area contributed by atoms with E-state index in [1.165, 1.54) is 0 Å². The van der Waals surface area contributed by atoms with Gasteiger partial charge < -0.3 is 21.8 Å². The van der Waals surface area contributed by atoms with Crippen molar-refractivity contribution in [1.82, 2.24) is 25.3 Å². The molecule has 1 atom stereocenters. The molecule has 84 valence electrons. The van der Waals surface area contributed by atoms with E-state index in [1.54, 1.807) is 0 Å². The number of aromatic amines is 1. The predicted octanol–water partition coefficient (Wildman–Crippen LogP) is -0.406. The van der Waals surface area contributed by atoms with Crippen LogP contribution in [0, 0.1) is 0 Å².